The molecule has 0 N–H and O–H groups in total. The van der Waals surface area contributed by atoms with Gasteiger partial charge in [-0.05, 0) is 50.6 Å². The van der Waals surface area contributed by atoms with Crippen LogP contribution in [0.5, 0.6) is 5.75 Å². The van der Waals surface area contributed by atoms with Crippen molar-refractivity contribution in [1.82, 2.24) is 20.3 Å². The summed E-state index contributed by atoms with van der Waals surface area (Å²) in [5.74, 6) is 1.82. The Kier molecular flexibility index (Phi) is 6.54. The van der Waals surface area contributed by atoms with E-state index in [1.165, 1.54) is 0 Å². The highest BCUT2D eigenvalue weighted by molar-refractivity contribution is 5.89. The number of nitrogens with zero attached hydrogens (tertiary/aromatic N) is 4. The Labute approximate surface area is 184 Å². The van der Waals surface area contributed by atoms with Crippen molar-refractivity contribution >= 4 is 5.97 Å². The van der Waals surface area contributed by atoms with Crippen LogP contribution < -0.4 is 4.74 Å². The van der Waals surface area contributed by atoms with Crippen LogP contribution in [0.3, 0.4) is 0 Å². The van der Waals surface area contributed by atoms with Gasteiger partial charge in [-0.15, -0.1) is 0 Å². The van der Waals surface area contributed by atoms with Gasteiger partial charge in [0.15, 0.2) is 0 Å². The minimum Gasteiger partial charge on any atom is -0.489 e. The van der Waals surface area contributed by atoms with Gasteiger partial charge in [-0.2, -0.15) is 4.98 Å². The maximum absolute atomic E-state index is 12.4. The zero-order valence-corrected chi connectivity index (χ0v) is 17.8. The fourth-order valence-electron chi connectivity index (χ4n) is 3.02. The van der Waals surface area contributed by atoms with E-state index in [4.69, 9.17) is 18.5 Å². The minimum atomic E-state index is -0.422. The van der Waals surface area contributed by atoms with Crippen molar-refractivity contribution in [2.75, 3.05) is 6.61 Å². The van der Waals surface area contributed by atoms with Gasteiger partial charge in [0.05, 0.1) is 23.4 Å². The smallest absolute Gasteiger partial charge is 0.338 e. The van der Waals surface area contributed by atoms with Gasteiger partial charge in [-0.25, -0.2) is 4.79 Å². The molecular formula is C23H22N4O5. The number of hydrogen-bond acceptors (Lipinski definition) is 9. The van der Waals surface area contributed by atoms with Gasteiger partial charge in [0.1, 0.15) is 18.1 Å². The first kappa shape index (κ1) is 21.2. The maximum Gasteiger partial charge on any atom is 0.338 e. The number of benzene rings is 1. The fourth-order valence-corrected chi connectivity index (χ4v) is 3.02. The van der Waals surface area contributed by atoms with Crippen LogP contribution in [0.4, 0.5) is 0 Å². The number of esters is 1. The zero-order chi connectivity index (χ0) is 22.3. The second-order valence-corrected chi connectivity index (χ2v) is 7.11. The molecule has 0 aliphatic carbocycles. The molecule has 32 heavy (non-hydrogen) atoms. The molecule has 0 saturated heterocycles. The van der Waals surface area contributed by atoms with E-state index >= 15 is 0 Å². The second-order valence-electron chi connectivity index (χ2n) is 7.11. The van der Waals surface area contributed by atoms with Crippen LogP contribution >= 0.6 is 0 Å². The molecule has 0 amide bonds. The SMILES string of the molecule is Cc1noc(C)c1COc1cccc(C(=O)OCCCc2nc(-c3cccnc3)no2)c1. The first-order chi connectivity index (χ1) is 15.6. The van der Waals surface area contributed by atoms with Gasteiger partial charge >= 0.3 is 5.97 Å². The van der Waals surface area contributed by atoms with E-state index in [1.54, 1.807) is 36.7 Å². The lowest BCUT2D eigenvalue weighted by atomic mass is 10.2. The summed E-state index contributed by atoms with van der Waals surface area (Å²) in [6, 6.07) is 10.5. The molecule has 1 aromatic carbocycles. The summed E-state index contributed by atoms with van der Waals surface area (Å²) in [6.07, 6.45) is 4.41. The van der Waals surface area contributed by atoms with E-state index in [1.807, 2.05) is 26.0 Å². The third-order valence-corrected chi connectivity index (χ3v) is 4.79. The third-order valence-electron chi connectivity index (χ3n) is 4.79. The van der Waals surface area contributed by atoms with Crippen LogP contribution in [0.2, 0.25) is 0 Å². The molecule has 0 radical (unpaired) electrons. The van der Waals surface area contributed by atoms with Crippen LogP contribution in [0.15, 0.2) is 57.8 Å². The predicted molar refractivity (Wildman–Crippen MR) is 113 cm³/mol. The molecule has 0 spiro atoms. The lowest BCUT2D eigenvalue weighted by Gasteiger charge is -2.08. The largest absolute Gasteiger partial charge is 0.489 e. The number of hydrogen-bond donors (Lipinski definition) is 0. The number of rotatable bonds is 9. The van der Waals surface area contributed by atoms with E-state index in [2.05, 4.69) is 20.3 Å². The summed E-state index contributed by atoms with van der Waals surface area (Å²) in [6.45, 7) is 4.23. The predicted octanol–water partition coefficient (Wildman–Crippen LogP) is 4.11. The first-order valence-corrected chi connectivity index (χ1v) is 10.1. The van der Waals surface area contributed by atoms with E-state index in [-0.39, 0.29) is 6.61 Å². The van der Waals surface area contributed by atoms with Crippen LogP contribution in [0.25, 0.3) is 11.4 Å². The van der Waals surface area contributed by atoms with Crippen molar-refractivity contribution in [3.05, 3.63) is 77.3 Å². The lowest BCUT2D eigenvalue weighted by molar-refractivity contribution is 0.0498. The van der Waals surface area contributed by atoms with Crippen LogP contribution in [0.1, 0.15) is 39.7 Å². The van der Waals surface area contributed by atoms with Gasteiger partial charge in [0.25, 0.3) is 0 Å². The topological polar surface area (TPSA) is 113 Å². The number of ether oxygens (including phenoxy) is 2. The molecule has 0 aliphatic rings. The summed E-state index contributed by atoms with van der Waals surface area (Å²) in [7, 11) is 0. The van der Waals surface area contributed by atoms with Gasteiger partial charge in [0.2, 0.25) is 11.7 Å². The van der Waals surface area contributed by atoms with E-state index in [0.29, 0.717) is 48.2 Å². The standard InChI is InChI=1S/C23H22N4O5/c1-15-20(16(2)31-26-15)14-30-19-8-3-6-17(12-19)23(28)29-11-5-9-21-25-22(27-32-21)18-7-4-10-24-13-18/h3-4,6-8,10,12-13H,5,9,11,14H2,1-2H3. The van der Waals surface area contributed by atoms with Crippen molar-refractivity contribution in [3.8, 4) is 17.1 Å². The monoisotopic (exact) mass is 434 g/mol. The van der Waals surface area contributed by atoms with Crippen molar-refractivity contribution < 1.29 is 23.3 Å². The number of aromatic nitrogens is 4. The highest BCUT2D eigenvalue weighted by atomic mass is 16.5. The number of pyridine rings is 1. The molecule has 4 aromatic rings. The first-order valence-electron chi connectivity index (χ1n) is 10.1. The Morgan fingerprint density at radius 2 is 2.00 bits per heavy atom. The average Bonchev–Trinajstić information content (AvgIpc) is 3.42. The Hall–Kier alpha value is -4.01. The fraction of sp³-hybridized carbons (Fsp3) is 0.261. The molecule has 4 rings (SSSR count). The van der Waals surface area contributed by atoms with Crippen LogP contribution in [-0.2, 0) is 17.8 Å². The van der Waals surface area contributed by atoms with Crippen LogP contribution in [-0.4, -0.2) is 32.9 Å². The lowest BCUT2D eigenvalue weighted by Crippen LogP contribution is -2.07. The molecule has 0 unspecified atom stereocenters. The normalized spacial score (nSPS) is 10.8. The van der Waals surface area contributed by atoms with E-state index < -0.39 is 5.97 Å². The zero-order valence-electron chi connectivity index (χ0n) is 17.8. The van der Waals surface area contributed by atoms with Gasteiger partial charge in [-0.1, -0.05) is 16.4 Å². The van der Waals surface area contributed by atoms with Crippen molar-refractivity contribution in [2.45, 2.75) is 33.3 Å². The Morgan fingerprint density at radius 1 is 1.09 bits per heavy atom. The summed E-state index contributed by atoms with van der Waals surface area (Å²) < 4.78 is 21.5. The Bertz CT molecular complexity index is 1170. The summed E-state index contributed by atoms with van der Waals surface area (Å²) >= 11 is 0. The molecular weight excluding hydrogens is 412 g/mol. The van der Waals surface area contributed by atoms with Gasteiger partial charge in [-0.3, -0.25) is 4.98 Å². The molecule has 9 heteroatoms. The van der Waals surface area contributed by atoms with Crippen LogP contribution in [0, 0.1) is 13.8 Å². The third kappa shape index (κ3) is 5.18. The number of carbonyl (C=O) groups excluding carboxylic acids is 1. The highest BCUT2D eigenvalue weighted by Crippen LogP contribution is 2.19. The molecule has 9 nitrogen and oxygen atoms in total. The van der Waals surface area contributed by atoms with Crippen molar-refractivity contribution in [3.63, 3.8) is 0 Å². The van der Waals surface area contributed by atoms with E-state index in [0.717, 1.165) is 16.8 Å². The average molecular weight is 434 g/mol. The maximum atomic E-state index is 12.4. The molecule has 3 heterocycles. The second kappa shape index (κ2) is 9.86. The Balaban J connectivity index is 1.25. The number of carbonyl (C=O) groups is 1. The quantitative estimate of drug-likeness (QED) is 0.284. The summed E-state index contributed by atoms with van der Waals surface area (Å²) in [4.78, 5) is 20.7. The highest BCUT2D eigenvalue weighted by Gasteiger charge is 2.13. The Morgan fingerprint density at radius 3 is 2.78 bits per heavy atom. The van der Waals surface area contributed by atoms with E-state index in [9.17, 15) is 4.79 Å². The van der Waals surface area contributed by atoms with Crippen molar-refractivity contribution in [1.29, 1.82) is 0 Å². The van der Waals surface area contributed by atoms with Crippen molar-refractivity contribution in [2.24, 2.45) is 0 Å². The number of aryl methyl sites for hydroxylation is 3. The molecule has 0 atom stereocenters. The van der Waals surface area contributed by atoms with Gasteiger partial charge in [0, 0.05) is 24.4 Å². The van der Waals surface area contributed by atoms with Gasteiger partial charge < -0.3 is 18.5 Å². The molecule has 0 bridgehead atoms. The molecule has 0 saturated carbocycles. The molecule has 0 fully saturated rings. The summed E-state index contributed by atoms with van der Waals surface area (Å²) in [5.41, 5.74) is 2.88. The summed E-state index contributed by atoms with van der Waals surface area (Å²) in [5, 5.41) is 7.85. The minimum absolute atomic E-state index is 0.230. The molecule has 0 aliphatic heterocycles. The molecule has 3 aromatic heterocycles. The molecule has 164 valence electrons.